The highest BCUT2D eigenvalue weighted by Crippen LogP contribution is 2.37. The van der Waals surface area contributed by atoms with Gasteiger partial charge in [-0.05, 0) is 19.1 Å². The van der Waals surface area contributed by atoms with Crippen molar-refractivity contribution >= 4 is 17.3 Å². The fraction of sp³-hybridized carbons (Fsp3) is 0.417. The van der Waals surface area contributed by atoms with Crippen LogP contribution in [0.15, 0.2) is 18.2 Å². The molecule has 17 heavy (non-hydrogen) atoms. The summed E-state index contributed by atoms with van der Waals surface area (Å²) in [6.45, 7) is 2.96. The van der Waals surface area contributed by atoms with Crippen molar-refractivity contribution < 1.29 is 14.3 Å². The summed E-state index contributed by atoms with van der Waals surface area (Å²) in [7, 11) is 1.38. The minimum Gasteiger partial charge on any atom is -0.489 e. The first-order valence-electron chi connectivity index (χ1n) is 5.51. The molecule has 0 radical (unpaired) electrons. The molecule has 1 heterocycles. The maximum atomic E-state index is 11.6. The third-order valence-electron chi connectivity index (χ3n) is 2.92. The van der Waals surface area contributed by atoms with E-state index in [1.165, 1.54) is 7.11 Å². The molecule has 92 valence electrons. The van der Waals surface area contributed by atoms with Gasteiger partial charge in [0.15, 0.2) is 0 Å². The van der Waals surface area contributed by atoms with Crippen molar-refractivity contribution in [1.29, 1.82) is 0 Å². The Morgan fingerprint density at radius 2 is 2.35 bits per heavy atom. The molecule has 0 saturated heterocycles. The number of esters is 1. The lowest BCUT2D eigenvalue weighted by molar-refractivity contribution is -0.141. The van der Waals surface area contributed by atoms with E-state index in [0.29, 0.717) is 24.6 Å². The van der Waals surface area contributed by atoms with Gasteiger partial charge in [-0.2, -0.15) is 0 Å². The average molecular weight is 236 g/mol. The number of hydrogen-bond acceptors (Lipinski definition) is 5. The van der Waals surface area contributed by atoms with E-state index in [4.69, 9.17) is 15.2 Å². The molecular weight excluding hydrogens is 220 g/mol. The lowest BCUT2D eigenvalue weighted by Crippen LogP contribution is -2.44. The number of nitrogen functional groups attached to an aromatic ring is 1. The number of carbonyl (C=O) groups excluding carboxylic acids is 1. The molecule has 0 aliphatic carbocycles. The number of carbonyl (C=O) groups is 1. The van der Waals surface area contributed by atoms with E-state index < -0.39 is 0 Å². The van der Waals surface area contributed by atoms with Crippen LogP contribution < -0.4 is 15.4 Å². The number of para-hydroxylation sites is 1. The van der Waals surface area contributed by atoms with Crippen molar-refractivity contribution in [2.24, 2.45) is 0 Å². The highest BCUT2D eigenvalue weighted by molar-refractivity contribution is 5.84. The summed E-state index contributed by atoms with van der Waals surface area (Å²) in [6.07, 6.45) is 0. The number of hydrogen-bond donors (Lipinski definition) is 1. The van der Waals surface area contributed by atoms with Crippen LogP contribution in [0.3, 0.4) is 0 Å². The zero-order valence-corrected chi connectivity index (χ0v) is 9.97. The Morgan fingerprint density at radius 1 is 1.59 bits per heavy atom. The minimum absolute atomic E-state index is 0.277. The van der Waals surface area contributed by atoms with Crippen LogP contribution in [0.4, 0.5) is 11.4 Å². The van der Waals surface area contributed by atoms with Crippen LogP contribution in [-0.2, 0) is 9.53 Å². The van der Waals surface area contributed by atoms with Crippen molar-refractivity contribution in [1.82, 2.24) is 0 Å². The van der Waals surface area contributed by atoms with E-state index in [-0.39, 0.29) is 12.0 Å². The van der Waals surface area contributed by atoms with E-state index in [0.717, 1.165) is 5.69 Å². The molecule has 1 aromatic carbocycles. The lowest BCUT2D eigenvalue weighted by Gasteiger charge is -2.35. The van der Waals surface area contributed by atoms with Gasteiger partial charge < -0.3 is 20.1 Å². The number of anilines is 2. The number of nitrogens with two attached hydrogens (primary N) is 1. The summed E-state index contributed by atoms with van der Waals surface area (Å²) in [6, 6.07) is 5.11. The van der Waals surface area contributed by atoms with Gasteiger partial charge in [0, 0.05) is 0 Å². The molecule has 1 aromatic rings. The lowest BCUT2D eigenvalue weighted by atomic mass is 10.1. The summed E-state index contributed by atoms with van der Waals surface area (Å²) in [5.41, 5.74) is 7.32. The molecule has 1 aliphatic rings. The van der Waals surface area contributed by atoms with Crippen molar-refractivity contribution in [2.45, 2.75) is 13.0 Å². The molecule has 0 aromatic heterocycles. The maximum Gasteiger partial charge on any atom is 0.328 e. The number of rotatable bonds is 2. The van der Waals surface area contributed by atoms with Crippen LogP contribution in [0.5, 0.6) is 5.75 Å². The second-order valence-electron chi connectivity index (χ2n) is 3.93. The fourth-order valence-corrected chi connectivity index (χ4v) is 2.01. The molecule has 1 aliphatic heterocycles. The van der Waals surface area contributed by atoms with Crippen molar-refractivity contribution in [2.75, 3.05) is 30.9 Å². The molecule has 2 N–H and O–H groups in total. The van der Waals surface area contributed by atoms with Gasteiger partial charge in [0.1, 0.15) is 24.1 Å². The van der Waals surface area contributed by atoms with Gasteiger partial charge >= 0.3 is 5.97 Å². The summed E-state index contributed by atoms with van der Waals surface area (Å²) < 4.78 is 10.3. The van der Waals surface area contributed by atoms with E-state index in [2.05, 4.69) is 0 Å². The van der Waals surface area contributed by atoms with E-state index in [1.807, 2.05) is 17.0 Å². The van der Waals surface area contributed by atoms with Crippen LogP contribution in [-0.4, -0.2) is 32.3 Å². The smallest absolute Gasteiger partial charge is 0.328 e. The van der Waals surface area contributed by atoms with Crippen LogP contribution >= 0.6 is 0 Å². The monoisotopic (exact) mass is 236 g/mol. The van der Waals surface area contributed by atoms with Gasteiger partial charge in [-0.25, -0.2) is 4.79 Å². The first-order chi connectivity index (χ1) is 8.15. The summed E-state index contributed by atoms with van der Waals surface area (Å²) in [5.74, 6) is 0.438. The largest absolute Gasteiger partial charge is 0.489 e. The zero-order chi connectivity index (χ0) is 12.4. The average Bonchev–Trinajstić information content (AvgIpc) is 2.36. The third-order valence-corrected chi connectivity index (χ3v) is 2.92. The van der Waals surface area contributed by atoms with Crippen LogP contribution in [0.2, 0.25) is 0 Å². The Balaban J connectivity index is 2.37. The Kier molecular flexibility index (Phi) is 3.08. The Bertz CT molecular complexity index is 434. The van der Waals surface area contributed by atoms with E-state index >= 15 is 0 Å². The van der Waals surface area contributed by atoms with E-state index in [1.54, 1.807) is 13.0 Å². The van der Waals surface area contributed by atoms with Gasteiger partial charge in [-0.1, -0.05) is 6.07 Å². The van der Waals surface area contributed by atoms with Crippen LogP contribution in [0.25, 0.3) is 0 Å². The highest BCUT2D eigenvalue weighted by Gasteiger charge is 2.28. The zero-order valence-electron chi connectivity index (χ0n) is 9.97. The second kappa shape index (κ2) is 4.53. The molecule has 5 nitrogen and oxygen atoms in total. The number of fused-ring (bicyclic) bond motifs is 1. The van der Waals surface area contributed by atoms with Crippen molar-refractivity contribution in [3.63, 3.8) is 0 Å². The first-order valence-corrected chi connectivity index (χ1v) is 5.51. The Hall–Kier alpha value is -1.91. The standard InChI is InChI=1S/C12H16N2O3/c1-8(12(15)16-2)14-6-7-17-10-5-3-4-9(13)11(10)14/h3-5,8H,6-7,13H2,1-2H3. The van der Waals surface area contributed by atoms with E-state index in [9.17, 15) is 4.79 Å². The number of benzene rings is 1. The molecule has 2 rings (SSSR count). The summed E-state index contributed by atoms with van der Waals surface area (Å²) in [5, 5.41) is 0. The van der Waals surface area contributed by atoms with Crippen LogP contribution in [0.1, 0.15) is 6.92 Å². The predicted octanol–water partition coefficient (Wildman–Crippen LogP) is 1.03. The van der Waals surface area contributed by atoms with Gasteiger partial charge in [0.05, 0.1) is 19.3 Å². The topological polar surface area (TPSA) is 64.8 Å². The Labute approximate surface area is 100 Å². The van der Waals surface area contributed by atoms with Gasteiger partial charge in [0.25, 0.3) is 0 Å². The molecule has 5 heteroatoms. The molecular formula is C12H16N2O3. The van der Waals surface area contributed by atoms with Gasteiger partial charge in [-0.15, -0.1) is 0 Å². The molecule has 0 spiro atoms. The number of methoxy groups -OCH3 is 1. The van der Waals surface area contributed by atoms with Crippen molar-refractivity contribution in [3.05, 3.63) is 18.2 Å². The molecule has 1 unspecified atom stereocenters. The number of ether oxygens (including phenoxy) is 2. The highest BCUT2D eigenvalue weighted by atomic mass is 16.5. The van der Waals surface area contributed by atoms with Gasteiger partial charge in [-0.3, -0.25) is 0 Å². The fourth-order valence-electron chi connectivity index (χ4n) is 2.01. The number of nitrogens with zero attached hydrogens (tertiary/aromatic N) is 1. The summed E-state index contributed by atoms with van der Waals surface area (Å²) >= 11 is 0. The molecule has 0 amide bonds. The Morgan fingerprint density at radius 3 is 3.06 bits per heavy atom. The van der Waals surface area contributed by atoms with Crippen LogP contribution in [0, 0.1) is 0 Å². The molecule has 0 bridgehead atoms. The third kappa shape index (κ3) is 2.00. The molecule has 1 atom stereocenters. The predicted molar refractivity (Wildman–Crippen MR) is 65.2 cm³/mol. The van der Waals surface area contributed by atoms with Crippen molar-refractivity contribution in [3.8, 4) is 5.75 Å². The SMILES string of the molecule is COC(=O)C(C)N1CCOc2cccc(N)c21. The first kappa shape index (κ1) is 11.6. The molecule has 0 saturated carbocycles. The minimum atomic E-state index is -0.368. The quantitative estimate of drug-likeness (QED) is 0.613. The molecule has 0 fully saturated rings. The van der Waals surface area contributed by atoms with Gasteiger partial charge in [0.2, 0.25) is 0 Å². The summed E-state index contributed by atoms with van der Waals surface area (Å²) in [4.78, 5) is 13.5. The second-order valence-corrected chi connectivity index (χ2v) is 3.93. The normalized spacial score (nSPS) is 15.8. The maximum absolute atomic E-state index is 11.6.